The molecular weight excluding hydrogens is 425 g/mol. The maximum Gasteiger partial charge on any atom is 0.417 e. The van der Waals surface area contributed by atoms with Gasteiger partial charge in [0.05, 0.1) is 16.2 Å². The molecule has 0 atom stereocenters. The van der Waals surface area contributed by atoms with Crippen LogP contribution in [-0.4, -0.2) is 20.1 Å². The molecule has 0 saturated heterocycles. The van der Waals surface area contributed by atoms with Gasteiger partial charge < -0.3 is 4.74 Å². The van der Waals surface area contributed by atoms with E-state index in [2.05, 4.69) is 0 Å². The third-order valence-corrected chi connectivity index (χ3v) is 6.33. The molecule has 2 aromatic carbocycles. The summed E-state index contributed by atoms with van der Waals surface area (Å²) in [6.45, 7) is 2.54. The summed E-state index contributed by atoms with van der Waals surface area (Å²) >= 11 is 6.66. The van der Waals surface area contributed by atoms with E-state index >= 15 is 0 Å². The molecule has 146 valence electrons. The number of benzene rings is 2. The van der Waals surface area contributed by atoms with Crippen molar-refractivity contribution < 1.29 is 31.1 Å². The second-order valence-electron chi connectivity index (χ2n) is 5.38. The Kier molecular flexibility index (Phi) is 6.49. The van der Waals surface area contributed by atoms with Crippen LogP contribution in [0.15, 0.2) is 51.1 Å². The molecule has 0 aliphatic carbocycles. The van der Waals surface area contributed by atoms with Crippen molar-refractivity contribution in [3.8, 4) is 5.75 Å². The number of halogens is 4. The first-order chi connectivity index (χ1) is 12.4. The van der Waals surface area contributed by atoms with E-state index in [1.807, 2.05) is 0 Å². The van der Waals surface area contributed by atoms with Gasteiger partial charge in [0.2, 0.25) is 0 Å². The molecule has 0 heterocycles. The Balaban J connectivity index is 2.50. The van der Waals surface area contributed by atoms with E-state index in [4.69, 9.17) is 16.3 Å². The summed E-state index contributed by atoms with van der Waals surface area (Å²) in [5.41, 5.74) is -1.07. The highest BCUT2D eigenvalue weighted by molar-refractivity contribution is 7.99. The Bertz CT molecular complexity index is 973. The second-order valence-corrected chi connectivity index (χ2v) is 9.21. The van der Waals surface area contributed by atoms with Crippen LogP contribution in [-0.2, 0) is 20.8 Å². The van der Waals surface area contributed by atoms with Gasteiger partial charge >= 0.3 is 12.1 Å². The van der Waals surface area contributed by atoms with Gasteiger partial charge in [0, 0.05) is 21.7 Å². The molecule has 0 saturated carbocycles. The van der Waals surface area contributed by atoms with Gasteiger partial charge in [0.1, 0.15) is 5.75 Å². The van der Waals surface area contributed by atoms with Crippen molar-refractivity contribution in [3.05, 3.63) is 47.0 Å². The van der Waals surface area contributed by atoms with Gasteiger partial charge in [0.25, 0.3) is 0 Å². The van der Waals surface area contributed by atoms with E-state index in [9.17, 15) is 26.4 Å². The number of carbonyl (C=O) groups excluding carboxylic acids is 1. The Hall–Kier alpha value is -1.71. The topological polar surface area (TPSA) is 60.4 Å². The summed E-state index contributed by atoms with van der Waals surface area (Å²) in [4.78, 5) is 10.8. The van der Waals surface area contributed by atoms with Gasteiger partial charge in [0.15, 0.2) is 9.84 Å². The van der Waals surface area contributed by atoms with Crippen LogP contribution in [0.2, 0.25) is 5.02 Å². The van der Waals surface area contributed by atoms with Crippen LogP contribution in [0.25, 0.3) is 0 Å². The molecule has 0 aliphatic heterocycles. The van der Waals surface area contributed by atoms with Gasteiger partial charge in [-0.25, -0.2) is 8.42 Å². The SMILES string of the molecule is CCS(=O)(=O)c1ccc(Sc2cc(Cl)cc(OC(C)=O)c2)c(C(F)(F)F)c1. The summed E-state index contributed by atoms with van der Waals surface area (Å²) in [5.74, 6) is -0.814. The minimum Gasteiger partial charge on any atom is -0.427 e. The fraction of sp³-hybridized carbons (Fsp3) is 0.235. The quantitative estimate of drug-likeness (QED) is 0.472. The first-order valence-electron chi connectivity index (χ1n) is 7.53. The highest BCUT2D eigenvalue weighted by Gasteiger charge is 2.35. The fourth-order valence-electron chi connectivity index (χ4n) is 2.13. The lowest BCUT2D eigenvalue weighted by Crippen LogP contribution is -2.10. The molecular formula is C17H14ClF3O4S2. The van der Waals surface area contributed by atoms with Crippen molar-refractivity contribution in [3.63, 3.8) is 0 Å². The van der Waals surface area contributed by atoms with E-state index in [0.717, 1.165) is 23.9 Å². The zero-order chi connectivity index (χ0) is 20.4. The van der Waals surface area contributed by atoms with Crippen LogP contribution in [0, 0.1) is 0 Å². The van der Waals surface area contributed by atoms with Crippen molar-refractivity contribution >= 4 is 39.2 Å². The monoisotopic (exact) mass is 438 g/mol. The normalized spacial score (nSPS) is 12.1. The average molecular weight is 439 g/mol. The van der Waals surface area contributed by atoms with Gasteiger partial charge in [-0.2, -0.15) is 13.2 Å². The van der Waals surface area contributed by atoms with E-state index in [1.165, 1.54) is 32.0 Å². The van der Waals surface area contributed by atoms with E-state index < -0.39 is 32.4 Å². The molecule has 0 N–H and O–H groups in total. The number of rotatable bonds is 5. The van der Waals surface area contributed by atoms with Crippen LogP contribution in [0.4, 0.5) is 13.2 Å². The number of sulfone groups is 1. The van der Waals surface area contributed by atoms with Crippen molar-refractivity contribution in [2.45, 2.75) is 34.7 Å². The molecule has 0 spiro atoms. The van der Waals surface area contributed by atoms with Crippen molar-refractivity contribution in [1.29, 1.82) is 0 Å². The summed E-state index contributed by atoms with van der Waals surface area (Å²) in [5, 5.41) is 0.176. The minimum absolute atomic E-state index is 0.0937. The predicted molar refractivity (Wildman–Crippen MR) is 96.1 cm³/mol. The molecule has 2 rings (SSSR count). The molecule has 10 heteroatoms. The van der Waals surface area contributed by atoms with E-state index in [0.29, 0.717) is 11.0 Å². The predicted octanol–water partition coefficient (Wildman–Crippen LogP) is 5.23. The number of esters is 1. The van der Waals surface area contributed by atoms with Crippen molar-refractivity contribution in [1.82, 2.24) is 0 Å². The maximum absolute atomic E-state index is 13.5. The van der Waals surface area contributed by atoms with Crippen molar-refractivity contribution in [2.24, 2.45) is 0 Å². The lowest BCUT2D eigenvalue weighted by molar-refractivity contribution is -0.140. The van der Waals surface area contributed by atoms with Crippen LogP contribution in [0.3, 0.4) is 0 Å². The van der Waals surface area contributed by atoms with Gasteiger partial charge in [-0.15, -0.1) is 0 Å². The minimum atomic E-state index is -4.75. The second kappa shape index (κ2) is 8.12. The number of hydrogen-bond donors (Lipinski definition) is 0. The third-order valence-electron chi connectivity index (χ3n) is 3.33. The molecule has 0 aromatic heterocycles. The van der Waals surface area contributed by atoms with Crippen LogP contribution in [0.5, 0.6) is 5.75 Å². The van der Waals surface area contributed by atoms with Crippen LogP contribution in [0.1, 0.15) is 19.4 Å². The first-order valence-corrected chi connectivity index (χ1v) is 10.4. The number of carbonyl (C=O) groups is 1. The fourth-order valence-corrected chi connectivity index (χ4v) is 4.36. The van der Waals surface area contributed by atoms with E-state index in [-0.39, 0.29) is 21.4 Å². The lowest BCUT2D eigenvalue weighted by Gasteiger charge is -2.15. The molecule has 2 aromatic rings. The largest absolute Gasteiger partial charge is 0.427 e. The summed E-state index contributed by atoms with van der Waals surface area (Å²) in [7, 11) is -3.79. The highest BCUT2D eigenvalue weighted by Crippen LogP contribution is 2.42. The lowest BCUT2D eigenvalue weighted by atomic mass is 10.2. The van der Waals surface area contributed by atoms with Crippen LogP contribution >= 0.6 is 23.4 Å². The van der Waals surface area contributed by atoms with Gasteiger partial charge in [-0.1, -0.05) is 30.3 Å². The zero-order valence-electron chi connectivity index (χ0n) is 14.1. The summed E-state index contributed by atoms with van der Waals surface area (Å²) in [6, 6.07) is 6.99. The highest BCUT2D eigenvalue weighted by atomic mass is 35.5. The average Bonchev–Trinajstić information content (AvgIpc) is 2.52. The van der Waals surface area contributed by atoms with Crippen LogP contribution < -0.4 is 4.74 Å². The Morgan fingerprint density at radius 2 is 1.85 bits per heavy atom. The molecule has 0 radical (unpaired) electrons. The standard InChI is InChI=1S/C17H14ClF3O4S2/c1-3-27(23,24)14-4-5-16(15(9-14)17(19,20)21)26-13-7-11(18)6-12(8-13)25-10(2)22/h4-9H,3H2,1-2H3. The number of ether oxygens (including phenoxy) is 1. The molecule has 0 aliphatic rings. The number of alkyl halides is 3. The summed E-state index contributed by atoms with van der Waals surface area (Å²) in [6.07, 6.45) is -4.75. The molecule has 0 amide bonds. The Labute approximate surface area is 163 Å². The third kappa shape index (κ3) is 5.63. The summed E-state index contributed by atoms with van der Waals surface area (Å²) < 4.78 is 69.1. The number of hydrogen-bond acceptors (Lipinski definition) is 5. The van der Waals surface area contributed by atoms with E-state index in [1.54, 1.807) is 0 Å². The maximum atomic E-state index is 13.5. The molecule has 0 fully saturated rings. The first kappa shape index (κ1) is 21.6. The van der Waals surface area contributed by atoms with Crippen molar-refractivity contribution in [2.75, 3.05) is 5.75 Å². The smallest absolute Gasteiger partial charge is 0.417 e. The Morgan fingerprint density at radius 1 is 1.19 bits per heavy atom. The van der Waals surface area contributed by atoms with Gasteiger partial charge in [-0.05, 0) is 36.4 Å². The molecule has 0 unspecified atom stereocenters. The Morgan fingerprint density at radius 3 is 2.41 bits per heavy atom. The molecule has 27 heavy (non-hydrogen) atoms. The molecule has 0 bridgehead atoms. The molecule has 4 nitrogen and oxygen atoms in total. The zero-order valence-corrected chi connectivity index (χ0v) is 16.5. The van der Waals surface area contributed by atoms with Gasteiger partial charge in [-0.3, -0.25) is 4.79 Å².